The minimum absolute atomic E-state index is 0.234. The topological polar surface area (TPSA) is 75.9 Å². The van der Waals surface area contributed by atoms with Crippen LogP contribution in [0.1, 0.15) is 0 Å². The standard InChI is InChI=1S/C10H8Br2FN5/c11-5-1-2-8(7(13)3-5)16-9-6(12)4-15-10(17-9)18-14/h1-4H,14H2,(H2,15,16,17,18). The summed E-state index contributed by atoms with van der Waals surface area (Å²) in [6.07, 6.45) is 1.52. The van der Waals surface area contributed by atoms with Gasteiger partial charge in [0.2, 0.25) is 5.95 Å². The predicted molar refractivity (Wildman–Crippen MR) is 74.9 cm³/mol. The Labute approximate surface area is 119 Å². The second-order valence-electron chi connectivity index (χ2n) is 3.28. The van der Waals surface area contributed by atoms with Crippen molar-refractivity contribution in [1.29, 1.82) is 0 Å². The molecule has 1 aromatic heterocycles. The summed E-state index contributed by atoms with van der Waals surface area (Å²) in [5, 5.41) is 2.85. The first-order valence-electron chi connectivity index (χ1n) is 4.81. The Morgan fingerprint density at radius 2 is 2.06 bits per heavy atom. The van der Waals surface area contributed by atoms with E-state index >= 15 is 0 Å². The number of hydrogen-bond donors (Lipinski definition) is 3. The highest BCUT2D eigenvalue weighted by molar-refractivity contribution is 9.10. The van der Waals surface area contributed by atoms with Crippen LogP contribution in [0.25, 0.3) is 0 Å². The highest BCUT2D eigenvalue weighted by Gasteiger charge is 2.08. The number of nitrogens with two attached hydrogens (primary N) is 1. The van der Waals surface area contributed by atoms with Crippen molar-refractivity contribution in [2.45, 2.75) is 0 Å². The molecule has 0 aliphatic heterocycles. The molecular weight excluding hydrogens is 369 g/mol. The zero-order valence-electron chi connectivity index (χ0n) is 8.92. The van der Waals surface area contributed by atoms with Gasteiger partial charge in [-0.15, -0.1) is 0 Å². The summed E-state index contributed by atoms with van der Waals surface area (Å²) in [4.78, 5) is 7.97. The molecule has 0 bridgehead atoms. The zero-order chi connectivity index (χ0) is 13.1. The molecule has 1 heterocycles. The van der Waals surface area contributed by atoms with Crippen LogP contribution in [0.5, 0.6) is 0 Å². The fraction of sp³-hybridized carbons (Fsp3) is 0. The Morgan fingerprint density at radius 1 is 1.28 bits per heavy atom. The maximum absolute atomic E-state index is 13.7. The van der Waals surface area contributed by atoms with Crippen molar-refractivity contribution < 1.29 is 4.39 Å². The molecule has 5 nitrogen and oxygen atoms in total. The normalized spacial score (nSPS) is 10.2. The molecule has 0 fully saturated rings. The first-order valence-corrected chi connectivity index (χ1v) is 6.40. The van der Waals surface area contributed by atoms with Gasteiger partial charge in [0.05, 0.1) is 10.2 Å². The number of aromatic nitrogens is 2. The second-order valence-corrected chi connectivity index (χ2v) is 5.05. The maximum Gasteiger partial charge on any atom is 0.239 e. The third-order valence-corrected chi connectivity index (χ3v) is 3.13. The van der Waals surface area contributed by atoms with Gasteiger partial charge in [0.25, 0.3) is 0 Å². The minimum atomic E-state index is -0.392. The van der Waals surface area contributed by atoms with Gasteiger partial charge in [-0.05, 0) is 34.1 Å². The van der Waals surface area contributed by atoms with Crippen LogP contribution in [0.2, 0.25) is 0 Å². The summed E-state index contributed by atoms with van der Waals surface area (Å²) in [6.45, 7) is 0. The molecule has 8 heteroatoms. The predicted octanol–water partition coefficient (Wildman–Crippen LogP) is 3.17. The van der Waals surface area contributed by atoms with Crippen LogP contribution in [0.15, 0.2) is 33.3 Å². The van der Waals surface area contributed by atoms with Gasteiger partial charge >= 0.3 is 0 Å². The first-order chi connectivity index (χ1) is 8.60. The number of anilines is 3. The van der Waals surface area contributed by atoms with Crippen LogP contribution >= 0.6 is 31.9 Å². The van der Waals surface area contributed by atoms with Gasteiger partial charge in [-0.2, -0.15) is 4.98 Å². The number of nitrogens with one attached hydrogen (secondary N) is 2. The molecule has 0 unspecified atom stereocenters. The van der Waals surface area contributed by atoms with E-state index in [1.807, 2.05) is 0 Å². The smallest absolute Gasteiger partial charge is 0.239 e. The molecule has 0 saturated carbocycles. The average Bonchev–Trinajstić information content (AvgIpc) is 2.35. The lowest BCUT2D eigenvalue weighted by molar-refractivity contribution is 0.631. The molecular formula is C10H8Br2FN5. The average molecular weight is 377 g/mol. The van der Waals surface area contributed by atoms with Gasteiger partial charge in [-0.25, -0.2) is 15.2 Å². The van der Waals surface area contributed by atoms with Crippen molar-refractivity contribution >= 4 is 49.3 Å². The van der Waals surface area contributed by atoms with Crippen LogP contribution in [-0.4, -0.2) is 9.97 Å². The monoisotopic (exact) mass is 375 g/mol. The van der Waals surface area contributed by atoms with Gasteiger partial charge in [0, 0.05) is 10.7 Å². The van der Waals surface area contributed by atoms with Crippen LogP contribution < -0.4 is 16.6 Å². The van der Waals surface area contributed by atoms with Gasteiger partial charge in [0.15, 0.2) is 5.82 Å². The lowest BCUT2D eigenvalue weighted by Crippen LogP contribution is -2.11. The molecule has 2 rings (SSSR count). The van der Waals surface area contributed by atoms with E-state index < -0.39 is 5.82 Å². The van der Waals surface area contributed by atoms with E-state index in [2.05, 4.69) is 52.6 Å². The number of hydrazine groups is 1. The fourth-order valence-electron chi connectivity index (χ4n) is 1.24. The van der Waals surface area contributed by atoms with E-state index in [9.17, 15) is 4.39 Å². The third kappa shape index (κ3) is 2.95. The Kier molecular flexibility index (Phi) is 4.10. The third-order valence-electron chi connectivity index (χ3n) is 2.06. The molecule has 0 radical (unpaired) electrons. The van der Waals surface area contributed by atoms with E-state index in [1.54, 1.807) is 12.1 Å². The number of nitrogen functional groups attached to an aromatic ring is 1. The Bertz CT molecular complexity index is 578. The Hall–Kier alpha value is -1.25. The van der Waals surface area contributed by atoms with Crippen molar-refractivity contribution in [1.82, 2.24) is 9.97 Å². The summed E-state index contributed by atoms with van der Waals surface area (Å²) in [6, 6.07) is 4.69. The molecule has 0 aliphatic rings. The minimum Gasteiger partial charge on any atom is -0.337 e. The molecule has 94 valence electrons. The number of benzene rings is 1. The van der Waals surface area contributed by atoms with Crippen molar-refractivity contribution in [2.24, 2.45) is 5.84 Å². The van der Waals surface area contributed by atoms with Crippen molar-refractivity contribution in [2.75, 3.05) is 10.7 Å². The molecule has 2 aromatic rings. The zero-order valence-corrected chi connectivity index (χ0v) is 12.1. The van der Waals surface area contributed by atoms with Crippen LogP contribution in [0.3, 0.4) is 0 Å². The van der Waals surface area contributed by atoms with E-state index in [4.69, 9.17) is 5.84 Å². The van der Waals surface area contributed by atoms with Crippen molar-refractivity contribution in [3.63, 3.8) is 0 Å². The second kappa shape index (κ2) is 5.59. The largest absolute Gasteiger partial charge is 0.337 e. The Morgan fingerprint density at radius 3 is 2.72 bits per heavy atom. The van der Waals surface area contributed by atoms with Crippen LogP contribution in [0, 0.1) is 5.82 Å². The number of rotatable bonds is 3. The maximum atomic E-state index is 13.7. The summed E-state index contributed by atoms with van der Waals surface area (Å²) >= 11 is 6.46. The summed E-state index contributed by atoms with van der Waals surface area (Å²) in [5.41, 5.74) is 2.63. The molecule has 0 spiro atoms. The lowest BCUT2D eigenvalue weighted by atomic mass is 10.3. The number of nitrogens with zero attached hydrogens (tertiary/aromatic N) is 2. The van der Waals surface area contributed by atoms with E-state index in [0.717, 1.165) is 0 Å². The SMILES string of the molecule is NNc1ncc(Br)c(Nc2ccc(Br)cc2F)n1. The molecule has 18 heavy (non-hydrogen) atoms. The molecule has 0 atom stereocenters. The highest BCUT2D eigenvalue weighted by Crippen LogP contribution is 2.26. The van der Waals surface area contributed by atoms with Gasteiger partial charge in [-0.3, -0.25) is 5.43 Å². The molecule has 4 N–H and O–H groups in total. The number of hydrogen-bond acceptors (Lipinski definition) is 5. The summed E-state index contributed by atoms with van der Waals surface area (Å²) in [7, 11) is 0. The van der Waals surface area contributed by atoms with Gasteiger partial charge in [0.1, 0.15) is 5.82 Å². The number of halogens is 3. The summed E-state index contributed by atoms with van der Waals surface area (Å²) in [5.74, 6) is 5.47. The van der Waals surface area contributed by atoms with Gasteiger partial charge in [-0.1, -0.05) is 15.9 Å². The fourth-order valence-corrected chi connectivity index (χ4v) is 1.87. The molecule has 0 aliphatic carbocycles. The van der Waals surface area contributed by atoms with E-state index in [0.29, 0.717) is 20.5 Å². The van der Waals surface area contributed by atoms with Crippen molar-refractivity contribution in [3.8, 4) is 0 Å². The Balaban J connectivity index is 2.33. The van der Waals surface area contributed by atoms with Crippen molar-refractivity contribution in [3.05, 3.63) is 39.2 Å². The molecule has 0 amide bonds. The highest BCUT2D eigenvalue weighted by atomic mass is 79.9. The van der Waals surface area contributed by atoms with Gasteiger partial charge < -0.3 is 5.32 Å². The van der Waals surface area contributed by atoms with E-state index in [-0.39, 0.29) is 5.95 Å². The van der Waals surface area contributed by atoms with Crippen LogP contribution in [0.4, 0.5) is 21.8 Å². The molecule has 1 aromatic carbocycles. The quantitative estimate of drug-likeness (QED) is 0.566. The van der Waals surface area contributed by atoms with E-state index in [1.165, 1.54) is 12.3 Å². The van der Waals surface area contributed by atoms with Crippen LogP contribution in [-0.2, 0) is 0 Å². The summed E-state index contributed by atoms with van der Waals surface area (Å²) < 4.78 is 14.9. The first kappa shape index (κ1) is 13.2. The lowest BCUT2D eigenvalue weighted by Gasteiger charge is -2.09. The molecule has 0 saturated heterocycles.